The molecule has 0 aliphatic rings. The average Bonchev–Trinajstić information content (AvgIpc) is 2.29. The Balaban J connectivity index is 2.60. The highest BCUT2D eigenvalue weighted by Gasteiger charge is 2.18. The second kappa shape index (κ2) is 7.18. The van der Waals surface area contributed by atoms with E-state index in [1.807, 2.05) is 0 Å². The molecule has 0 bridgehead atoms. The predicted molar refractivity (Wildman–Crippen MR) is 64.7 cm³/mol. The van der Waals surface area contributed by atoms with E-state index in [1.165, 1.54) is 6.07 Å². The molecule has 0 unspecified atom stereocenters. The van der Waals surface area contributed by atoms with Crippen molar-refractivity contribution in [1.82, 2.24) is 4.90 Å². The first kappa shape index (κ1) is 14.7. The van der Waals surface area contributed by atoms with Gasteiger partial charge in [-0.15, -0.1) is 0 Å². The van der Waals surface area contributed by atoms with Crippen molar-refractivity contribution < 1.29 is 18.3 Å². The minimum Gasteiger partial charge on any atom is -0.385 e. The van der Waals surface area contributed by atoms with Gasteiger partial charge in [-0.3, -0.25) is 9.69 Å². The number of carbonyl (C=O) groups excluding carboxylic acids is 1. The van der Waals surface area contributed by atoms with Crippen LogP contribution in [0.2, 0.25) is 0 Å². The molecule has 1 aromatic carbocycles. The Morgan fingerprint density at radius 3 is 2.50 bits per heavy atom. The Morgan fingerprint density at radius 1 is 1.33 bits per heavy atom. The van der Waals surface area contributed by atoms with E-state index >= 15 is 0 Å². The smallest absolute Gasteiger partial charge is 0.182 e. The molecule has 0 aliphatic heterocycles. The van der Waals surface area contributed by atoms with E-state index in [4.69, 9.17) is 4.74 Å². The first-order valence-electron chi connectivity index (χ1n) is 5.71. The molecule has 0 saturated heterocycles. The molecule has 0 N–H and O–H groups in total. The number of carbonyl (C=O) groups is 1. The minimum absolute atomic E-state index is 0.0123. The zero-order chi connectivity index (χ0) is 13.5. The van der Waals surface area contributed by atoms with Crippen LogP contribution in [-0.2, 0) is 4.74 Å². The lowest BCUT2D eigenvalue weighted by Gasteiger charge is -2.15. The third-order valence-electron chi connectivity index (χ3n) is 2.54. The van der Waals surface area contributed by atoms with E-state index in [0.29, 0.717) is 13.2 Å². The Hall–Kier alpha value is -1.33. The average molecular weight is 257 g/mol. The van der Waals surface area contributed by atoms with Crippen molar-refractivity contribution in [3.63, 3.8) is 0 Å². The molecule has 0 fully saturated rings. The summed E-state index contributed by atoms with van der Waals surface area (Å²) in [5.74, 6) is -2.18. The van der Waals surface area contributed by atoms with Crippen LogP contribution in [-0.4, -0.2) is 44.5 Å². The Kier molecular flexibility index (Phi) is 5.88. The van der Waals surface area contributed by atoms with Gasteiger partial charge in [-0.2, -0.15) is 0 Å². The molecule has 18 heavy (non-hydrogen) atoms. The van der Waals surface area contributed by atoms with Crippen LogP contribution in [0.25, 0.3) is 0 Å². The second-order valence-corrected chi connectivity index (χ2v) is 4.10. The number of nitrogens with zero attached hydrogens (tertiary/aromatic N) is 1. The molecule has 0 amide bonds. The number of rotatable bonds is 7. The molecule has 1 aromatic rings. The van der Waals surface area contributed by atoms with Gasteiger partial charge in [0, 0.05) is 20.3 Å². The van der Waals surface area contributed by atoms with E-state index in [1.54, 1.807) is 19.1 Å². The lowest BCUT2D eigenvalue weighted by atomic mass is 10.1. The van der Waals surface area contributed by atoms with Crippen LogP contribution in [0.5, 0.6) is 0 Å². The Labute approximate surface area is 105 Å². The van der Waals surface area contributed by atoms with Crippen LogP contribution in [0, 0.1) is 11.6 Å². The zero-order valence-electron chi connectivity index (χ0n) is 10.6. The van der Waals surface area contributed by atoms with E-state index in [-0.39, 0.29) is 6.54 Å². The van der Waals surface area contributed by atoms with Gasteiger partial charge < -0.3 is 4.74 Å². The van der Waals surface area contributed by atoms with E-state index < -0.39 is 23.0 Å². The van der Waals surface area contributed by atoms with Crippen molar-refractivity contribution in [2.45, 2.75) is 6.42 Å². The molecule has 5 heteroatoms. The highest BCUT2D eigenvalue weighted by atomic mass is 19.1. The van der Waals surface area contributed by atoms with E-state index in [0.717, 1.165) is 18.6 Å². The van der Waals surface area contributed by atoms with Gasteiger partial charge >= 0.3 is 0 Å². The molecule has 0 atom stereocenters. The van der Waals surface area contributed by atoms with Crippen molar-refractivity contribution >= 4 is 5.78 Å². The second-order valence-electron chi connectivity index (χ2n) is 4.10. The highest BCUT2D eigenvalue weighted by Crippen LogP contribution is 2.13. The zero-order valence-corrected chi connectivity index (χ0v) is 10.6. The summed E-state index contributed by atoms with van der Waals surface area (Å²) in [7, 11) is 3.33. The fraction of sp³-hybridized carbons (Fsp3) is 0.462. The summed E-state index contributed by atoms with van der Waals surface area (Å²) in [5.41, 5.74) is -0.462. The molecule has 0 radical (unpaired) electrons. The molecule has 0 saturated carbocycles. The number of methoxy groups -OCH3 is 1. The summed E-state index contributed by atoms with van der Waals surface area (Å²) < 4.78 is 31.6. The first-order chi connectivity index (χ1) is 8.56. The van der Waals surface area contributed by atoms with Crippen LogP contribution < -0.4 is 0 Å². The molecule has 1 rings (SSSR count). The summed E-state index contributed by atoms with van der Waals surface area (Å²) >= 11 is 0. The Morgan fingerprint density at radius 2 is 1.94 bits per heavy atom. The molecular formula is C13H17F2NO2. The summed E-state index contributed by atoms with van der Waals surface area (Å²) in [6, 6.07) is 3.41. The van der Waals surface area contributed by atoms with E-state index in [9.17, 15) is 13.6 Å². The minimum atomic E-state index is -0.815. The van der Waals surface area contributed by atoms with Crippen LogP contribution in [0.4, 0.5) is 8.78 Å². The number of ether oxygens (including phenoxy) is 1. The molecule has 3 nitrogen and oxygen atoms in total. The molecule has 0 aromatic heterocycles. The molecule has 0 aliphatic carbocycles. The normalized spacial score (nSPS) is 10.9. The maximum Gasteiger partial charge on any atom is 0.182 e. The lowest BCUT2D eigenvalue weighted by molar-refractivity contribution is 0.0930. The van der Waals surface area contributed by atoms with Crippen LogP contribution in [0.1, 0.15) is 16.8 Å². The number of ketones is 1. The number of hydrogen-bond donors (Lipinski definition) is 0. The SMILES string of the molecule is COCCCN(C)CC(=O)c1c(F)cccc1F. The largest absolute Gasteiger partial charge is 0.385 e. The van der Waals surface area contributed by atoms with E-state index in [2.05, 4.69) is 0 Å². The van der Waals surface area contributed by atoms with Crippen molar-refractivity contribution in [1.29, 1.82) is 0 Å². The van der Waals surface area contributed by atoms with Gasteiger partial charge in [0.2, 0.25) is 0 Å². The van der Waals surface area contributed by atoms with Gasteiger partial charge in [-0.05, 0) is 25.6 Å². The fourth-order valence-electron chi connectivity index (χ4n) is 1.65. The third kappa shape index (κ3) is 4.16. The van der Waals surface area contributed by atoms with Crippen LogP contribution in [0.15, 0.2) is 18.2 Å². The number of Topliss-reactive ketones (excluding diaryl/α,β-unsaturated/α-hetero) is 1. The molecule has 0 spiro atoms. The molecule has 0 heterocycles. The fourth-order valence-corrected chi connectivity index (χ4v) is 1.65. The molecule has 100 valence electrons. The lowest BCUT2D eigenvalue weighted by Crippen LogP contribution is -2.28. The monoisotopic (exact) mass is 257 g/mol. The maximum absolute atomic E-state index is 13.4. The summed E-state index contributed by atoms with van der Waals surface area (Å²) in [5, 5.41) is 0. The summed E-state index contributed by atoms with van der Waals surface area (Å²) in [6.45, 7) is 1.21. The van der Waals surface area contributed by atoms with Gasteiger partial charge in [0.25, 0.3) is 0 Å². The number of hydrogen-bond acceptors (Lipinski definition) is 3. The quantitative estimate of drug-likeness (QED) is 0.553. The predicted octanol–water partition coefficient (Wildman–Crippen LogP) is 2.12. The first-order valence-corrected chi connectivity index (χ1v) is 5.71. The van der Waals surface area contributed by atoms with Gasteiger partial charge in [0.1, 0.15) is 11.6 Å². The maximum atomic E-state index is 13.4. The van der Waals surface area contributed by atoms with Gasteiger partial charge in [-0.25, -0.2) is 8.78 Å². The van der Waals surface area contributed by atoms with Gasteiger partial charge in [0.15, 0.2) is 5.78 Å². The topological polar surface area (TPSA) is 29.5 Å². The summed E-state index contributed by atoms with van der Waals surface area (Å²) in [4.78, 5) is 13.5. The number of halogens is 2. The summed E-state index contributed by atoms with van der Waals surface area (Å²) in [6.07, 6.45) is 0.764. The van der Waals surface area contributed by atoms with Crippen molar-refractivity contribution in [3.05, 3.63) is 35.4 Å². The third-order valence-corrected chi connectivity index (χ3v) is 2.54. The Bertz CT molecular complexity index is 390. The molecular weight excluding hydrogens is 240 g/mol. The van der Waals surface area contributed by atoms with Crippen molar-refractivity contribution in [2.75, 3.05) is 33.9 Å². The van der Waals surface area contributed by atoms with Gasteiger partial charge in [-0.1, -0.05) is 6.07 Å². The van der Waals surface area contributed by atoms with Crippen LogP contribution in [0.3, 0.4) is 0 Å². The number of likely N-dealkylation sites (N-methyl/N-ethyl adjacent to an activating group) is 1. The standard InChI is InChI=1S/C13H17F2NO2/c1-16(7-4-8-18-2)9-12(17)13-10(14)5-3-6-11(13)15/h3,5-6H,4,7-9H2,1-2H3. The van der Waals surface area contributed by atoms with Gasteiger partial charge in [0.05, 0.1) is 12.1 Å². The van der Waals surface area contributed by atoms with Crippen molar-refractivity contribution in [3.8, 4) is 0 Å². The number of benzene rings is 1. The van der Waals surface area contributed by atoms with Crippen LogP contribution >= 0.6 is 0 Å². The van der Waals surface area contributed by atoms with Crippen molar-refractivity contribution in [2.24, 2.45) is 0 Å². The highest BCUT2D eigenvalue weighted by molar-refractivity contribution is 5.98.